The Bertz CT molecular complexity index is 842. The number of hydrogen-bond acceptors (Lipinski definition) is 5. The number of pyridine rings is 1. The van der Waals surface area contributed by atoms with Crippen LogP contribution in [0.2, 0.25) is 0 Å². The van der Waals surface area contributed by atoms with Crippen molar-refractivity contribution in [1.82, 2.24) is 10.3 Å². The first-order chi connectivity index (χ1) is 12.2. The van der Waals surface area contributed by atoms with Gasteiger partial charge in [-0.05, 0) is 53.9 Å². The van der Waals surface area contributed by atoms with Gasteiger partial charge in [-0.1, -0.05) is 0 Å². The van der Waals surface area contributed by atoms with E-state index in [1.54, 1.807) is 36.8 Å². The molecule has 1 aliphatic rings. The van der Waals surface area contributed by atoms with Gasteiger partial charge in [-0.3, -0.25) is 4.98 Å². The topological polar surface area (TPSA) is 86.8 Å². The Hall–Kier alpha value is -2.99. The summed E-state index contributed by atoms with van der Waals surface area (Å²) >= 11 is 0. The third kappa shape index (κ3) is 3.75. The fraction of sp³-hybridized carbons (Fsp3) is 0.158. The van der Waals surface area contributed by atoms with Crippen molar-refractivity contribution in [1.29, 1.82) is 5.41 Å². The molecule has 0 atom stereocenters. The molecule has 6 heteroatoms. The molecule has 25 heavy (non-hydrogen) atoms. The fourth-order valence-electron chi connectivity index (χ4n) is 2.85. The van der Waals surface area contributed by atoms with Crippen LogP contribution in [0.15, 0.2) is 43.0 Å². The van der Waals surface area contributed by atoms with Gasteiger partial charge in [0.25, 0.3) is 0 Å². The summed E-state index contributed by atoms with van der Waals surface area (Å²) in [7, 11) is 0. The average Bonchev–Trinajstić information content (AvgIpc) is 2.64. The van der Waals surface area contributed by atoms with Crippen molar-refractivity contribution in [2.45, 2.75) is 13.0 Å². The molecule has 2 aromatic rings. The van der Waals surface area contributed by atoms with Gasteiger partial charge in [0, 0.05) is 48.7 Å². The summed E-state index contributed by atoms with van der Waals surface area (Å²) in [5, 5.41) is 13.7. The van der Waals surface area contributed by atoms with Crippen LogP contribution in [-0.2, 0) is 13.0 Å². The highest BCUT2D eigenvalue weighted by atomic mass is 19.1. The molecular weight excluding hydrogens is 317 g/mol. The van der Waals surface area contributed by atoms with Crippen LogP contribution in [0.3, 0.4) is 0 Å². The van der Waals surface area contributed by atoms with Gasteiger partial charge in [-0.2, -0.15) is 0 Å². The van der Waals surface area contributed by atoms with Crippen molar-refractivity contribution in [3.05, 3.63) is 71.1 Å². The number of hydrogen-bond donors (Lipinski definition) is 4. The van der Waals surface area contributed by atoms with E-state index < -0.39 is 0 Å². The van der Waals surface area contributed by atoms with Crippen LogP contribution in [0.4, 0.5) is 10.1 Å². The Labute approximate surface area is 146 Å². The second-order valence-corrected chi connectivity index (χ2v) is 5.73. The van der Waals surface area contributed by atoms with Gasteiger partial charge in [0.05, 0.1) is 5.69 Å². The van der Waals surface area contributed by atoms with Gasteiger partial charge in [-0.15, -0.1) is 0 Å². The maximum absolute atomic E-state index is 14.2. The minimum Gasteiger partial charge on any atom is -0.404 e. The molecule has 3 rings (SSSR count). The van der Waals surface area contributed by atoms with Gasteiger partial charge in [-0.25, -0.2) is 4.39 Å². The predicted octanol–water partition coefficient (Wildman–Crippen LogP) is 2.90. The molecule has 5 N–H and O–H groups in total. The standard InChI is InChI=1S/C19H20FN5/c20-18-7-15-12-23-4-1-13(15)8-19(18)25-6-2-14-11-24-5-3-17(14)16(9-21)10-22/h2-3,5-11,21,23,25H,1,4,12,22H2/b6-2+,16-10+,21-9?. The van der Waals surface area contributed by atoms with Crippen molar-refractivity contribution >= 4 is 23.6 Å². The lowest BCUT2D eigenvalue weighted by atomic mass is 10.00. The lowest BCUT2D eigenvalue weighted by Gasteiger charge is -2.18. The van der Waals surface area contributed by atoms with E-state index in [0.717, 1.165) is 35.2 Å². The molecule has 0 fully saturated rings. The number of fused-ring (bicyclic) bond motifs is 1. The summed E-state index contributed by atoms with van der Waals surface area (Å²) in [6.45, 7) is 1.62. The molecule has 1 aromatic heterocycles. The first kappa shape index (κ1) is 16.9. The molecule has 0 saturated carbocycles. The van der Waals surface area contributed by atoms with Gasteiger partial charge in [0.15, 0.2) is 0 Å². The van der Waals surface area contributed by atoms with Gasteiger partial charge in [0.1, 0.15) is 5.82 Å². The quantitative estimate of drug-likeness (QED) is 0.632. The van der Waals surface area contributed by atoms with Crippen molar-refractivity contribution in [3.63, 3.8) is 0 Å². The number of aromatic nitrogens is 1. The first-order valence-electron chi connectivity index (χ1n) is 8.05. The van der Waals surface area contributed by atoms with Crippen LogP contribution in [-0.4, -0.2) is 17.7 Å². The minimum atomic E-state index is -0.277. The summed E-state index contributed by atoms with van der Waals surface area (Å²) in [5.41, 5.74) is 10.4. The van der Waals surface area contributed by atoms with E-state index in [9.17, 15) is 4.39 Å². The highest BCUT2D eigenvalue weighted by molar-refractivity contribution is 6.09. The summed E-state index contributed by atoms with van der Waals surface area (Å²) in [6.07, 6.45) is 10.2. The van der Waals surface area contributed by atoms with E-state index in [0.29, 0.717) is 17.8 Å². The largest absolute Gasteiger partial charge is 0.404 e. The van der Waals surface area contributed by atoms with E-state index >= 15 is 0 Å². The summed E-state index contributed by atoms with van der Waals surface area (Å²) < 4.78 is 14.2. The fourth-order valence-corrected chi connectivity index (χ4v) is 2.85. The number of anilines is 1. The molecule has 0 bridgehead atoms. The molecule has 5 nitrogen and oxygen atoms in total. The second-order valence-electron chi connectivity index (χ2n) is 5.73. The van der Waals surface area contributed by atoms with E-state index in [4.69, 9.17) is 11.1 Å². The Morgan fingerprint density at radius 2 is 2.24 bits per heavy atom. The summed E-state index contributed by atoms with van der Waals surface area (Å²) in [5.74, 6) is -0.277. The van der Waals surface area contributed by atoms with Crippen molar-refractivity contribution in [3.8, 4) is 0 Å². The molecule has 0 aliphatic carbocycles. The minimum absolute atomic E-state index is 0.277. The predicted molar refractivity (Wildman–Crippen MR) is 99.7 cm³/mol. The number of allylic oxidation sites excluding steroid dienone is 1. The molecule has 0 saturated heterocycles. The van der Waals surface area contributed by atoms with Crippen LogP contribution in [0, 0.1) is 11.2 Å². The average molecular weight is 337 g/mol. The Morgan fingerprint density at radius 3 is 3.04 bits per heavy atom. The number of rotatable bonds is 5. The number of benzene rings is 1. The van der Waals surface area contributed by atoms with Gasteiger partial charge >= 0.3 is 0 Å². The lowest BCUT2D eigenvalue weighted by molar-refractivity contribution is 0.607. The molecule has 0 spiro atoms. The molecule has 0 unspecified atom stereocenters. The zero-order valence-corrected chi connectivity index (χ0v) is 13.7. The number of nitrogens with one attached hydrogen (secondary N) is 3. The molecule has 0 radical (unpaired) electrons. The third-order valence-corrected chi connectivity index (χ3v) is 4.18. The smallest absolute Gasteiger partial charge is 0.146 e. The van der Waals surface area contributed by atoms with E-state index in [1.165, 1.54) is 12.4 Å². The van der Waals surface area contributed by atoms with Gasteiger partial charge < -0.3 is 21.8 Å². The van der Waals surface area contributed by atoms with Crippen molar-refractivity contribution in [2.75, 3.05) is 11.9 Å². The maximum Gasteiger partial charge on any atom is 0.146 e. The molecule has 0 amide bonds. The van der Waals surface area contributed by atoms with Crippen molar-refractivity contribution in [2.24, 2.45) is 5.73 Å². The first-order valence-corrected chi connectivity index (χ1v) is 8.05. The molecular formula is C19H20FN5. The lowest BCUT2D eigenvalue weighted by Crippen LogP contribution is -2.23. The Morgan fingerprint density at radius 1 is 1.36 bits per heavy atom. The van der Waals surface area contributed by atoms with Gasteiger partial charge in [0.2, 0.25) is 0 Å². The monoisotopic (exact) mass is 337 g/mol. The van der Waals surface area contributed by atoms with Crippen LogP contribution >= 0.6 is 0 Å². The van der Waals surface area contributed by atoms with E-state index in [2.05, 4.69) is 15.6 Å². The number of halogens is 1. The van der Waals surface area contributed by atoms with Crippen LogP contribution < -0.4 is 16.4 Å². The summed E-state index contributed by atoms with van der Waals surface area (Å²) in [4.78, 5) is 4.09. The van der Waals surface area contributed by atoms with Crippen LogP contribution in [0.1, 0.15) is 22.3 Å². The third-order valence-electron chi connectivity index (χ3n) is 4.18. The zero-order chi connectivity index (χ0) is 17.6. The zero-order valence-electron chi connectivity index (χ0n) is 13.7. The molecule has 128 valence electrons. The molecule has 2 heterocycles. The number of nitrogens with zero attached hydrogens (tertiary/aromatic N) is 1. The maximum atomic E-state index is 14.2. The SMILES string of the molecule is N=C/C(=C\N)c1ccncc1/C=C/Nc1cc2c(cc1F)CNCC2. The molecule has 1 aromatic carbocycles. The highest BCUT2D eigenvalue weighted by Gasteiger charge is 2.12. The van der Waals surface area contributed by atoms with Crippen LogP contribution in [0.25, 0.3) is 11.6 Å². The second kappa shape index (κ2) is 7.72. The number of nitrogens with two attached hydrogens (primary N) is 1. The van der Waals surface area contributed by atoms with Crippen molar-refractivity contribution < 1.29 is 4.39 Å². The Kier molecular flexibility index (Phi) is 5.20. The Balaban J connectivity index is 1.82. The van der Waals surface area contributed by atoms with Crippen LogP contribution in [0.5, 0.6) is 0 Å². The molecule has 1 aliphatic heterocycles. The highest BCUT2D eigenvalue weighted by Crippen LogP contribution is 2.23. The van der Waals surface area contributed by atoms with E-state index in [-0.39, 0.29) is 5.82 Å². The van der Waals surface area contributed by atoms with E-state index in [1.807, 2.05) is 6.07 Å². The summed E-state index contributed by atoms with van der Waals surface area (Å²) in [6, 6.07) is 5.23. The normalized spacial score (nSPS) is 14.4.